The fraction of sp³-hybridized carbons (Fsp3) is 0.294. The van der Waals surface area contributed by atoms with Crippen LogP contribution in [0.4, 0.5) is 5.69 Å². The maximum Gasteiger partial charge on any atom is 0.313 e. The Morgan fingerprint density at radius 2 is 1.96 bits per heavy atom. The summed E-state index contributed by atoms with van der Waals surface area (Å²) in [5.74, 6) is -1.40. The van der Waals surface area contributed by atoms with Gasteiger partial charge < -0.3 is 15.7 Å². The third-order valence-electron chi connectivity index (χ3n) is 3.43. The average molecular weight is 332 g/mol. The second kappa shape index (κ2) is 8.45. The van der Waals surface area contributed by atoms with E-state index in [9.17, 15) is 14.7 Å². The molecule has 0 saturated heterocycles. The topological polar surface area (TPSA) is 78.4 Å². The molecule has 1 heterocycles. The summed E-state index contributed by atoms with van der Waals surface area (Å²) < 4.78 is 0. The molecule has 1 aromatic heterocycles. The molecule has 3 N–H and O–H groups in total. The van der Waals surface area contributed by atoms with Crippen LogP contribution in [0, 0.1) is 0 Å². The van der Waals surface area contributed by atoms with E-state index in [0.717, 1.165) is 16.9 Å². The molecule has 23 heavy (non-hydrogen) atoms. The van der Waals surface area contributed by atoms with Crippen molar-refractivity contribution >= 4 is 28.8 Å². The van der Waals surface area contributed by atoms with E-state index in [-0.39, 0.29) is 6.54 Å². The first-order valence-electron chi connectivity index (χ1n) is 7.50. The number of aliphatic hydroxyl groups excluding tert-OH is 1. The van der Waals surface area contributed by atoms with E-state index in [0.29, 0.717) is 12.1 Å². The Kier molecular flexibility index (Phi) is 6.31. The van der Waals surface area contributed by atoms with Crippen LogP contribution in [-0.2, 0) is 16.0 Å². The molecule has 5 nitrogen and oxygen atoms in total. The van der Waals surface area contributed by atoms with Crippen molar-refractivity contribution < 1.29 is 14.7 Å². The van der Waals surface area contributed by atoms with E-state index in [1.165, 1.54) is 11.3 Å². The molecule has 0 saturated carbocycles. The molecule has 0 fully saturated rings. The Labute approximate surface area is 139 Å². The maximum atomic E-state index is 11.9. The largest absolute Gasteiger partial charge is 0.388 e. The van der Waals surface area contributed by atoms with Gasteiger partial charge in [-0.1, -0.05) is 31.2 Å². The van der Waals surface area contributed by atoms with Gasteiger partial charge in [0.2, 0.25) is 0 Å². The summed E-state index contributed by atoms with van der Waals surface area (Å²) in [6.07, 6.45) is 0.509. The van der Waals surface area contributed by atoms with Crippen LogP contribution in [0.2, 0.25) is 0 Å². The zero-order valence-electron chi connectivity index (χ0n) is 12.9. The number of aliphatic hydroxyl groups is 1. The minimum atomic E-state index is -0.700. The summed E-state index contributed by atoms with van der Waals surface area (Å²) in [7, 11) is 0. The number of aryl methyl sites for hydroxylation is 1. The highest BCUT2D eigenvalue weighted by molar-refractivity contribution is 7.10. The van der Waals surface area contributed by atoms with Gasteiger partial charge in [-0.25, -0.2) is 0 Å². The van der Waals surface area contributed by atoms with E-state index in [2.05, 4.69) is 10.6 Å². The van der Waals surface area contributed by atoms with Gasteiger partial charge >= 0.3 is 11.8 Å². The smallest absolute Gasteiger partial charge is 0.313 e. The lowest BCUT2D eigenvalue weighted by Crippen LogP contribution is -2.36. The van der Waals surface area contributed by atoms with E-state index in [4.69, 9.17) is 0 Å². The fourth-order valence-corrected chi connectivity index (χ4v) is 2.90. The number of benzene rings is 1. The molecule has 2 rings (SSSR count). The molecule has 0 spiro atoms. The monoisotopic (exact) mass is 332 g/mol. The van der Waals surface area contributed by atoms with Gasteiger partial charge in [-0.2, -0.15) is 0 Å². The number of nitrogens with one attached hydrogen (secondary N) is 2. The van der Waals surface area contributed by atoms with Crippen molar-refractivity contribution in [2.24, 2.45) is 0 Å². The van der Waals surface area contributed by atoms with Gasteiger partial charge in [0.1, 0.15) is 0 Å². The molecule has 0 aliphatic heterocycles. The standard InChI is InChI=1S/C17H20N2O3S/c1-2-12-6-3-4-7-13(12)19-17(22)16(21)18-10-9-14(20)15-8-5-11-23-15/h3-8,11,14,20H,2,9-10H2,1H3,(H,18,21)(H,19,22). The summed E-state index contributed by atoms with van der Waals surface area (Å²) in [5, 5.41) is 16.9. The van der Waals surface area contributed by atoms with E-state index in [1.807, 2.05) is 42.6 Å². The number of carbonyl (C=O) groups excluding carboxylic acids is 2. The SMILES string of the molecule is CCc1ccccc1NC(=O)C(=O)NCCC(O)c1cccs1. The molecular weight excluding hydrogens is 312 g/mol. The number of amides is 2. The van der Waals surface area contributed by atoms with Gasteiger partial charge in [0.05, 0.1) is 6.10 Å². The van der Waals surface area contributed by atoms with Gasteiger partial charge in [-0.3, -0.25) is 9.59 Å². The number of hydrogen-bond donors (Lipinski definition) is 3. The number of hydrogen-bond acceptors (Lipinski definition) is 4. The average Bonchev–Trinajstić information content (AvgIpc) is 3.09. The van der Waals surface area contributed by atoms with Crippen LogP contribution >= 0.6 is 11.3 Å². The maximum absolute atomic E-state index is 11.9. The van der Waals surface area contributed by atoms with Crippen LogP contribution in [0.1, 0.15) is 29.9 Å². The van der Waals surface area contributed by atoms with Crippen molar-refractivity contribution in [3.05, 3.63) is 52.2 Å². The lowest BCUT2D eigenvalue weighted by atomic mass is 10.1. The predicted octanol–water partition coefficient (Wildman–Crippen LogP) is 2.49. The normalized spacial score (nSPS) is 11.7. The Bertz CT molecular complexity index is 656. The predicted molar refractivity (Wildman–Crippen MR) is 91.4 cm³/mol. The Balaban J connectivity index is 1.80. The van der Waals surface area contributed by atoms with Crippen LogP contribution in [0.25, 0.3) is 0 Å². The minimum Gasteiger partial charge on any atom is -0.388 e. The molecular formula is C17H20N2O3S. The van der Waals surface area contributed by atoms with Gasteiger partial charge in [0, 0.05) is 17.1 Å². The van der Waals surface area contributed by atoms with Crippen molar-refractivity contribution in [3.63, 3.8) is 0 Å². The molecule has 2 amide bonds. The second-order valence-electron chi connectivity index (χ2n) is 5.04. The van der Waals surface area contributed by atoms with Crippen molar-refractivity contribution in [1.29, 1.82) is 0 Å². The van der Waals surface area contributed by atoms with E-state index < -0.39 is 17.9 Å². The van der Waals surface area contributed by atoms with Crippen LogP contribution in [0.3, 0.4) is 0 Å². The van der Waals surface area contributed by atoms with Crippen LogP contribution < -0.4 is 10.6 Å². The number of anilines is 1. The number of para-hydroxylation sites is 1. The minimum absolute atomic E-state index is 0.237. The zero-order chi connectivity index (χ0) is 16.7. The molecule has 1 aromatic carbocycles. The lowest BCUT2D eigenvalue weighted by molar-refractivity contribution is -0.136. The van der Waals surface area contributed by atoms with Crippen molar-refractivity contribution in [1.82, 2.24) is 5.32 Å². The highest BCUT2D eigenvalue weighted by Crippen LogP contribution is 2.21. The third-order valence-corrected chi connectivity index (χ3v) is 4.40. The molecule has 1 unspecified atom stereocenters. The molecule has 0 bridgehead atoms. The number of carbonyl (C=O) groups is 2. The molecule has 0 aliphatic rings. The third kappa shape index (κ3) is 4.91. The quantitative estimate of drug-likeness (QED) is 0.711. The van der Waals surface area contributed by atoms with Gasteiger partial charge in [-0.05, 0) is 35.9 Å². The first-order chi connectivity index (χ1) is 11.1. The first kappa shape index (κ1) is 17.2. The van der Waals surface area contributed by atoms with Gasteiger partial charge in [0.15, 0.2) is 0 Å². The molecule has 0 aliphatic carbocycles. The Morgan fingerprint density at radius 3 is 2.65 bits per heavy atom. The van der Waals surface area contributed by atoms with Crippen molar-refractivity contribution in [2.75, 3.05) is 11.9 Å². The fourth-order valence-electron chi connectivity index (χ4n) is 2.16. The molecule has 1 atom stereocenters. The Hall–Kier alpha value is -2.18. The van der Waals surface area contributed by atoms with Crippen molar-refractivity contribution in [3.8, 4) is 0 Å². The summed E-state index contributed by atoms with van der Waals surface area (Å²) in [5.41, 5.74) is 1.62. The molecule has 122 valence electrons. The highest BCUT2D eigenvalue weighted by Gasteiger charge is 2.15. The summed E-state index contributed by atoms with van der Waals surface area (Å²) >= 11 is 1.46. The second-order valence-corrected chi connectivity index (χ2v) is 6.02. The van der Waals surface area contributed by atoms with E-state index >= 15 is 0 Å². The Morgan fingerprint density at radius 1 is 1.17 bits per heavy atom. The van der Waals surface area contributed by atoms with Gasteiger partial charge in [0.25, 0.3) is 0 Å². The molecule has 0 radical (unpaired) electrons. The van der Waals surface area contributed by atoms with Crippen LogP contribution in [0.15, 0.2) is 41.8 Å². The van der Waals surface area contributed by atoms with Crippen molar-refractivity contribution in [2.45, 2.75) is 25.9 Å². The first-order valence-corrected chi connectivity index (χ1v) is 8.38. The lowest BCUT2D eigenvalue weighted by Gasteiger charge is -2.11. The number of thiophene rings is 1. The zero-order valence-corrected chi connectivity index (χ0v) is 13.7. The number of rotatable bonds is 6. The summed E-state index contributed by atoms with van der Waals surface area (Å²) in [6.45, 7) is 2.22. The summed E-state index contributed by atoms with van der Waals surface area (Å²) in [4.78, 5) is 24.6. The van der Waals surface area contributed by atoms with Crippen LogP contribution in [-0.4, -0.2) is 23.5 Å². The van der Waals surface area contributed by atoms with Crippen LogP contribution in [0.5, 0.6) is 0 Å². The highest BCUT2D eigenvalue weighted by atomic mass is 32.1. The molecule has 6 heteroatoms. The molecule has 2 aromatic rings. The van der Waals surface area contributed by atoms with Gasteiger partial charge in [-0.15, -0.1) is 11.3 Å². The summed E-state index contributed by atoms with van der Waals surface area (Å²) in [6, 6.07) is 11.1. The van der Waals surface area contributed by atoms with E-state index in [1.54, 1.807) is 6.07 Å².